The smallest absolute Gasteiger partial charge is 0.240 e. The van der Waals surface area contributed by atoms with Gasteiger partial charge in [-0.25, -0.2) is 5.01 Å². The molecule has 1 N–H and O–H groups in total. The minimum absolute atomic E-state index is 0.120. The number of hydrazine groups is 1. The molecule has 4 heteroatoms. The number of aliphatic hydroxyl groups excluding tert-OH is 1. The molecular formula is C32H56N2O2. The van der Waals surface area contributed by atoms with Crippen LogP contribution in [0.2, 0.25) is 0 Å². The Kier molecular flexibility index (Phi) is 8.38. The van der Waals surface area contributed by atoms with E-state index in [4.69, 9.17) is 0 Å². The molecule has 206 valence electrons. The molecule has 0 radical (unpaired) electrons. The molecule has 4 aliphatic carbocycles. The largest absolute Gasteiger partial charge is 0.393 e. The summed E-state index contributed by atoms with van der Waals surface area (Å²) in [4.78, 5) is 14.0. The summed E-state index contributed by atoms with van der Waals surface area (Å²) < 4.78 is 0. The molecule has 0 saturated heterocycles. The molecule has 4 nitrogen and oxygen atoms in total. The van der Waals surface area contributed by atoms with E-state index >= 15 is 0 Å². The third-order valence-electron chi connectivity index (χ3n) is 11.8. The third-order valence-corrected chi connectivity index (χ3v) is 11.8. The highest BCUT2D eigenvalue weighted by molar-refractivity contribution is 5.80. The molecule has 9 atom stereocenters. The van der Waals surface area contributed by atoms with Crippen molar-refractivity contribution in [3.05, 3.63) is 11.6 Å². The van der Waals surface area contributed by atoms with E-state index < -0.39 is 6.10 Å². The average molecular weight is 501 g/mol. The lowest BCUT2D eigenvalue weighted by Gasteiger charge is -2.60. The summed E-state index contributed by atoms with van der Waals surface area (Å²) in [6, 6.07) is 0. The first kappa shape index (κ1) is 28.1. The van der Waals surface area contributed by atoms with Gasteiger partial charge < -0.3 is 5.11 Å². The number of amides is 1. The van der Waals surface area contributed by atoms with Gasteiger partial charge in [0.15, 0.2) is 0 Å². The number of rotatable bonds is 8. The molecule has 4 aliphatic rings. The molecule has 3 saturated carbocycles. The molecule has 36 heavy (non-hydrogen) atoms. The van der Waals surface area contributed by atoms with Crippen molar-refractivity contribution < 1.29 is 9.90 Å². The highest BCUT2D eigenvalue weighted by atomic mass is 16.3. The predicted molar refractivity (Wildman–Crippen MR) is 149 cm³/mol. The summed E-state index contributed by atoms with van der Waals surface area (Å²) in [6.07, 6.45) is 14.1. The summed E-state index contributed by atoms with van der Waals surface area (Å²) in [5, 5.41) is 14.7. The summed E-state index contributed by atoms with van der Waals surface area (Å²) in [7, 11) is 3.94. The van der Waals surface area contributed by atoms with Crippen LogP contribution in [0.25, 0.3) is 0 Å². The maximum absolute atomic E-state index is 14.0. The number of carbonyl (C=O) groups excluding carboxylic acids is 1. The molecule has 4 rings (SSSR count). The maximum Gasteiger partial charge on any atom is 0.240 e. The first-order valence-electron chi connectivity index (χ1n) is 15.3. The fourth-order valence-corrected chi connectivity index (χ4v) is 9.93. The standard InChI is InChI=1S/C32H56N2O2/c1-9-34(33(7)8)30(36)29-20-24(35)19-23-13-14-25-27-16-15-26(22(4)12-10-11-21(2)3)31(27,5)18-17-28(25)32(23,29)6/h13,21-22,24-29,35H,9-12,14-20H2,1-8H3/t22-,24-,25+,26-,27+,28+,29?,31-,32+/m1/s1. The van der Waals surface area contributed by atoms with Crippen LogP contribution < -0.4 is 0 Å². The van der Waals surface area contributed by atoms with Gasteiger partial charge >= 0.3 is 0 Å². The van der Waals surface area contributed by atoms with Crippen molar-refractivity contribution in [2.45, 2.75) is 112 Å². The second kappa shape index (κ2) is 10.7. The van der Waals surface area contributed by atoms with Crippen LogP contribution in [0.3, 0.4) is 0 Å². The van der Waals surface area contributed by atoms with Crippen molar-refractivity contribution >= 4 is 5.91 Å². The zero-order valence-corrected chi connectivity index (χ0v) is 24.7. The van der Waals surface area contributed by atoms with E-state index in [1.54, 1.807) is 0 Å². The van der Waals surface area contributed by atoms with E-state index in [9.17, 15) is 9.90 Å². The molecule has 0 aliphatic heterocycles. The number of allylic oxidation sites excluding steroid dienone is 1. The van der Waals surface area contributed by atoms with Crippen LogP contribution in [-0.2, 0) is 4.79 Å². The highest BCUT2D eigenvalue weighted by Crippen LogP contribution is 2.68. The Balaban J connectivity index is 1.59. The monoisotopic (exact) mass is 500 g/mol. The molecule has 0 aromatic rings. The Morgan fingerprint density at radius 3 is 2.47 bits per heavy atom. The quantitative estimate of drug-likeness (QED) is 0.290. The summed E-state index contributed by atoms with van der Waals surface area (Å²) >= 11 is 0. The Morgan fingerprint density at radius 1 is 1.11 bits per heavy atom. The second-order valence-electron chi connectivity index (χ2n) is 14.2. The minimum Gasteiger partial charge on any atom is -0.393 e. The molecule has 3 fully saturated rings. The minimum atomic E-state index is -0.396. The molecular weight excluding hydrogens is 444 g/mol. The first-order valence-corrected chi connectivity index (χ1v) is 15.3. The van der Waals surface area contributed by atoms with Crippen LogP contribution in [0, 0.1) is 52.3 Å². The van der Waals surface area contributed by atoms with Gasteiger partial charge in [-0.3, -0.25) is 9.80 Å². The van der Waals surface area contributed by atoms with Gasteiger partial charge in [0.1, 0.15) is 0 Å². The Hall–Kier alpha value is -0.870. The summed E-state index contributed by atoms with van der Waals surface area (Å²) in [6.45, 7) is 15.0. The fraction of sp³-hybridized carbons (Fsp3) is 0.906. The topological polar surface area (TPSA) is 43.8 Å². The van der Waals surface area contributed by atoms with E-state index in [2.05, 4.69) is 47.6 Å². The molecule has 1 unspecified atom stereocenters. The van der Waals surface area contributed by atoms with E-state index in [-0.39, 0.29) is 17.2 Å². The number of nitrogens with zero attached hydrogens (tertiary/aromatic N) is 2. The lowest BCUT2D eigenvalue weighted by molar-refractivity contribution is -0.161. The number of aliphatic hydroxyl groups is 1. The van der Waals surface area contributed by atoms with Gasteiger partial charge in [0.2, 0.25) is 5.91 Å². The Bertz CT molecular complexity index is 821. The third kappa shape index (κ3) is 4.72. The Morgan fingerprint density at radius 2 is 1.83 bits per heavy atom. The van der Waals surface area contributed by atoms with E-state index in [0.717, 1.165) is 36.5 Å². The van der Waals surface area contributed by atoms with Crippen LogP contribution in [0.5, 0.6) is 0 Å². The average Bonchev–Trinajstić information content (AvgIpc) is 3.16. The van der Waals surface area contributed by atoms with Gasteiger partial charge in [-0.15, -0.1) is 0 Å². The molecule has 0 heterocycles. The lowest BCUT2D eigenvalue weighted by Crippen LogP contribution is -2.58. The van der Waals surface area contributed by atoms with Crippen LogP contribution in [-0.4, -0.2) is 47.8 Å². The predicted octanol–water partition coefficient (Wildman–Crippen LogP) is 6.94. The zero-order valence-electron chi connectivity index (χ0n) is 24.7. The van der Waals surface area contributed by atoms with Gasteiger partial charge in [0.05, 0.1) is 12.0 Å². The first-order chi connectivity index (χ1) is 16.9. The summed E-state index contributed by atoms with van der Waals surface area (Å²) in [5.74, 6) is 4.59. The second-order valence-corrected chi connectivity index (χ2v) is 14.2. The molecule has 0 spiro atoms. The number of hydrogen-bond acceptors (Lipinski definition) is 3. The van der Waals surface area contributed by atoms with Gasteiger partial charge in [-0.2, -0.15) is 0 Å². The van der Waals surface area contributed by atoms with E-state index in [1.165, 1.54) is 50.5 Å². The van der Waals surface area contributed by atoms with Gasteiger partial charge in [0.25, 0.3) is 0 Å². The van der Waals surface area contributed by atoms with Crippen LogP contribution in [0.1, 0.15) is 106 Å². The SMILES string of the molecule is CCN(C(=O)C1C[C@H](O)CC2=CC[C@H]3[C@@H]4CC[C@H]([C@H](C)CCCC(C)C)[C@@]4(C)CC[C@@H]3[C@]21C)N(C)C. The van der Waals surface area contributed by atoms with Crippen molar-refractivity contribution in [1.82, 2.24) is 10.0 Å². The Labute approximate surface area is 222 Å². The number of carbonyl (C=O) groups is 1. The molecule has 1 amide bonds. The zero-order chi connectivity index (χ0) is 26.4. The van der Waals surface area contributed by atoms with E-state index in [0.29, 0.717) is 30.2 Å². The van der Waals surface area contributed by atoms with Crippen molar-refractivity contribution in [2.24, 2.45) is 52.3 Å². The van der Waals surface area contributed by atoms with Crippen LogP contribution in [0.4, 0.5) is 0 Å². The number of fused-ring (bicyclic) bond motifs is 5. The van der Waals surface area contributed by atoms with Crippen LogP contribution >= 0.6 is 0 Å². The van der Waals surface area contributed by atoms with Gasteiger partial charge in [-0.1, -0.05) is 65.5 Å². The summed E-state index contributed by atoms with van der Waals surface area (Å²) in [5.41, 5.74) is 1.72. The van der Waals surface area contributed by atoms with Gasteiger partial charge in [-0.05, 0) is 92.8 Å². The lowest BCUT2D eigenvalue weighted by atomic mass is 9.44. The van der Waals surface area contributed by atoms with Crippen molar-refractivity contribution in [2.75, 3.05) is 20.6 Å². The van der Waals surface area contributed by atoms with Crippen LogP contribution in [0.15, 0.2) is 11.6 Å². The van der Waals surface area contributed by atoms with Crippen molar-refractivity contribution in [3.63, 3.8) is 0 Å². The van der Waals surface area contributed by atoms with Gasteiger partial charge in [0, 0.05) is 26.1 Å². The highest BCUT2D eigenvalue weighted by Gasteiger charge is 2.62. The molecule has 0 bridgehead atoms. The normalized spacial score (nSPS) is 40.9. The fourth-order valence-electron chi connectivity index (χ4n) is 9.93. The molecule has 0 aromatic heterocycles. The molecule has 0 aromatic carbocycles. The van der Waals surface area contributed by atoms with E-state index in [1.807, 2.05) is 24.1 Å². The van der Waals surface area contributed by atoms with Crippen molar-refractivity contribution in [3.8, 4) is 0 Å². The van der Waals surface area contributed by atoms with Crippen molar-refractivity contribution in [1.29, 1.82) is 0 Å². The number of hydrogen-bond donors (Lipinski definition) is 1. The maximum atomic E-state index is 14.0.